The molecule has 1 saturated carbocycles. The average Bonchev–Trinajstić information content (AvgIpc) is 3.14. The van der Waals surface area contributed by atoms with Gasteiger partial charge in [-0.05, 0) is 57.5 Å². The van der Waals surface area contributed by atoms with E-state index in [-0.39, 0.29) is 30.1 Å². The smallest absolute Gasteiger partial charge is 0.223 e. The first-order valence-corrected chi connectivity index (χ1v) is 10.0. The molecule has 3 rings (SSSR count). The highest BCUT2D eigenvalue weighted by Crippen LogP contribution is 2.22. The van der Waals surface area contributed by atoms with Crippen LogP contribution in [0.4, 0.5) is 0 Å². The molecule has 3 aliphatic rings. The van der Waals surface area contributed by atoms with E-state index in [9.17, 15) is 9.59 Å². The fourth-order valence-corrected chi connectivity index (χ4v) is 4.40. The van der Waals surface area contributed by atoms with Crippen LogP contribution in [0, 0.1) is 11.8 Å². The van der Waals surface area contributed by atoms with Crippen molar-refractivity contribution in [2.75, 3.05) is 26.2 Å². The van der Waals surface area contributed by atoms with Crippen LogP contribution in [0.2, 0.25) is 0 Å². The molecule has 144 valence electrons. The van der Waals surface area contributed by atoms with E-state index >= 15 is 0 Å². The molecule has 0 bridgehead atoms. The average molecular weight is 372 g/mol. The molecular weight excluding hydrogens is 338 g/mol. The van der Waals surface area contributed by atoms with Crippen molar-refractivity contribution in [2.24, 2.45) is 11.8 Å². The molecule has 0 spiro atoms. The Labute approximate surface area is 158 Å². The maximum atomic E-state index is 12.4. The second-order valence-electron chi connectivity index (χ2n) is 7.90. The maximum Gasteiger partial charge on any atom is 0.223 e. The number of nitrogens with zero attached hydrogens (tertiary/aromatic N) is 1. The summed E-state index contributed by atoms with van der Waals surface area (Å²) in [6, 6.07) is 0.394. The van der Waals surface area contributed by atoms with Gasteiger partial charge in [0, 0.05) is 31.5 Å². The van der Waals surface area contributed by atoms with Crippen LogP contribution in [0.1, 0.15) is 64.2 Å². The fourth-order valence-electron chi connectivity index (χ4n) is 4.40. The van der Waals surface area contributed by atoms with Gasteiger partial charge in [-0.2, -0.15) is 0 Å². The Kier molecular flexibility index (Phi) is 8.50. The van der Waals surface area contributed by atoms with Gasteiger partial charge in [-0.15, -0.1) is 12.4 Å². The number of carbonyl (C=O) groups is 2. The summed E-state index contributed by atoms with van der Waals surface area (Å²) in [6.45, 7) is 3.67. The lowest BCUT2D eigenvalue weighted by molar-refractivity contribution is -0.136. The second kappa shape index (κ2) is 10.4. The number of amides is 2. The van der Waals surface area contributed by atoms with E-state index in [1.54, 1.807) is 0 Å². The van der Waals surface area contributed by atoms with E-state index in [0.717, 1.165) is 58.3 Å². The van der Waals surface area contributed by atoms with Gasteiger partial charge in [0.25, 0.3) is 0 Å². The highest BCUT2D eigenvalue weighted by Gasteiger charge is 2.29. The van der Waals surface area contributed by atoms with Gasteiger partial charge in [0.2, 0.25) is 11.8 Å². The minimum atomic E-state index is 0. The Bertz CT molecular complexity index is 426. The van der Waals surface area contributed by atoms with Gasteiger partial charge < -0.3 is 15.5 Å². The number of rotatable bonds is 5. The first kappa shape index (κ1) is 20.5. The topological polar surface area (TPSA) is 61.4 Å². The zero-order valence-corrected chi connectivity index (χ0v) is 16.1. The van der Waals surface area contributed by atoms with Crippen LogP contribution in [0.3, 0.4) is 0 Å². The lowest BCUT2D eigenvalue weighted by Gasteiger charge is -2.33. The molecule has 2 saturated heterocycles. The molecule has 2 heterocycles. The number of carbonyl (C=O) groups excluding carboxylic acids is 2. The Morgan fingerprint density at radius 2 is 1.72 bits per heavy atom. The molecule has 1 atom stereocenters. The van der Waals surface area contributed by atoms with Crippen LogP contribution in [0.5, 0.6) is 0 Å². The van der Waals surface area contributed by atoms with Gasteiger partial charge >= 0.3 is 0 Å². The zero-order chi connectivity index (χ0) is 16.8. The zero-order valence-electron chi connectivity index (χ0n) is 15.3. The van der Waals surface area contributed by atoms with Gasteiger partial charge in [-0.1, -0.05) is 19.3 Å². The molecule has 0 aromatic heterocycles. The molecule has 0 aromatic rings. The summed E-state index contributed by atoms with van der Waals surface area (Å²) in [5.41, 5.74) is 0. The third kappa shape index (κ3) is 6.14. The molecule has 0 radical (unpaired) electrons. The number of hydrogen-bond donors (Lipinski definition) is 2. The third-order valence-corrected chi connectivity index (χ3v) is 6.10. The van der Waals surface area contributed by atoms with Gasteiger partial charge in [-0.25, -0.2) is 0 Å². The summed E-state index contributed by atoms with van der Waals surface area (Å²) in [4.78, 5) is 26.8. The Balaban J connectivity index is 0.00000225. The van der Waals surface area contributed by atoms with Gasteiger partial charge in [0.1, 0.15) is 0 Å². The van der Waals surface area contributed by atoms with Crippen LogP contribution >= 0.6 is 12.4 Å². The van der Waals surface area contributed by atoms with E-state index < -0.39 is 0 Å². The number of halogens is 1. The van der Waals surface area contributed by atoms with Crippen molar-refractivity contribution in [2.45, 2.75) is 70.3 Å². The molecule has 5 nitrogen and oxygen atoms in total. The SMILES string of the molecule is Cl.O=C(NC1CCCCC1)C1CCN(C(=O)CCC2CCNC2)CC1. The summed E-state index contributed by atoms with van der Waals surface area (Å²) in [6.07, 6.45) is 10.6. The van der Waals surface area contributed by atoms with Crippen molar-refractivity contribution < 1.29 is 9.59 Å². The number of piperidine rings is 1. The summed E-state index contributed by atoms with van der Waals surface area (Å²) < 4.78 is 0. The molecule has 1 aliphatic carbocycles. The summed E-state index contributed by atoms with van der Waals surface area (Å²) in [5.74, 6) is 1.29. The van der Waals surface area contributed by atoms with Gasteiger partial charge in [0.05, 0.1) is 0 Å². The van der Waals surface area contributed by atoms with Crippen molar-refractivity contribution in [3.05, 3.63) is 0 Å². The number of likely N-dealkylation sites (tertiary alicyclic amines) is 1. The van der Waals surface area contributed by atoms with Crippen LogP contribution in [-0.2, 0) is 9.59 Å². The summed E-state index contributed by atoms with van der Waals surface area (Å²) >= 11 is 0. The van der Waals surface area contributed by atoms with E-state index in [0.29, 0.717) is 18.4 Å². The van der Waals surface area contributed by atoms with Crippen LogP contribution in [0.15, 0.2) is 0 Å². The first-order chi connectivity index (χ1) is 11.7. The maximum absolute atomic E-state index is 12.4. The predicted molar refractivity (Wildman–Crippen MR) is 102 cm³/mol. The van der Waals surface area contributed by atoms with Gasteiger partial charge in [0.15, 0.2) is 0 Å². The van der Waals surface area contributed by atoms with Crippen molar-refractivity contribution >= 4 is 24.2 Å². The summed E-state index contributed by atoms with van der Waals surface area (Å²) in [7, 11) is 0. The monoisotopic (exact) mass is 371 g/mol. The highest BCUT2D eigenvalue weighted by atomic mass is 35.5. The molecule has 2 aliphatic heterocycles. The normalized spacial score (nSPS) is 25.4. The Hall–Kier alpha value is -0.810. The standard InChI is InChI=1S/C19H33N3O2.ClH/c23-18(7-6-15-8-11-20-14-15)22-12-9-16(10-13-22)19(24)21-17-4-2-1-3-5-17;/h15-17,20H,1-14H2,(H,21,24);1H. The minimum absolute atomic E-state index is 0. The lowest BCUT2D eigenvalue weighted by atomic mass is 9.92. The van der Waals surface area contributed by atoms with Crippen LogP contribution in [-0.4, -0.2) is 48.9 Å². The van der Waals surface area contributed by atoms with E-state index in [2.05, 4.69) is 10.6 Å². The van der Waals surface area contributed by atoms with Crippen molar-refractivity contribution in [1.82, 2.24) is 15.5 Å². The summed E-state index contributed by atoms with van der Waals surface area (Å²) in [5, 5.41) is 6.60. The van der Waals surface area contributed by atoms with Crippen molar-refractivity contribution in [1.29, 1.82) is 0 Å². The van der Waals surface area contributed by atoms with Crippen LogP contribution in [0.25, 0.3) is 0 Å². The van der Waals surface area contributed by atoms with E-state index in [4.69, 9.17) is 0 Å². The molecule has 25 heavy (non-hydrogen) atoms. The van der Waals surface area contributed by atoms with Crippen LogP contribution < -0.4 is 10.6 Å². The minimum Gasteiger partial charge on any atom is -0.353 e. The number of hydrogen-bond acceptors (Lipinski definition) is 3. The first-order valence-electron chi connectivity index (χ1n) is 10.0. The Morgan fingerprint density at radius 1 is 1.00 bits per heavy atom. The quantitative estimate of drug-likeness (QED) is 0.780. The predicted octanol–water partition coefficient (Wildman–Crippen LogP) is 2.49. The molecule has 2 amide bonds. The second-order valence-corrected chi connectivity index (χ2v) is 7.90. The molecule has 6 heteroatoms. The highest BCUT2D eigenvalue weighted by molar-refractivity contribution is 5.85. The largest absolute Gasteiger partial charge is 0.353 e. The molecule has 0 aromatic carbocycles. The van der Waals surface area contributed by atoms with Crippen molar-refractivity contribution in [3.8, 4) is 0 Å². The molecule has 1 unspecified atom stereocenters. The fraction of sp³-hybridized carbons (Fsp3) is 0.895. The molecular formula is C19H34ClN3O2. The third-order valence-electron chi connectivity index (χ3n) is 6.10. The van der Waals surface area contributed by atoms with Gasteiger partial charge in [-0.3, -0.25) is 9.59 Å². The molecule has 2 N–H and O–H groups in total. The molecule has 3 fully saturated rings. The van der Waals surface area contributed by atoms with E-state index in [1.165, 1.54) is 25.7 Å². The lowest BCUT2D eigenvalue weighted by Crippen LogP contribution is -2.45. The van der Waals surface area contributed by atoms with Crippen molar-refractivity contribution in [3.63, 3.8) is 0 Å². The van der Waals surface area contributed by atoms with E-state index in [1.807, 2.05) is 4.90 Å². The Morgan fingerprint density at radius 3 is 2.36 bits per heavy atom. The number of nitrogens with one attached hydrogen (secondary N) is 2.